The molecule has 0 aromatic heterocycles. The molecular weight excluding hydrogens is 316 g/mol. The van der Waals surface area contributed by atoms with Crippen molar-refractivity contribution in [2.45, 2.75) is 23.5 Å². The van der Waals surface area contributed by atoms with E-state index < -0.39 is 15.8 Å². The first-order valence-electron chi connectivity index (χ1n) is 6.76. The number of nitrogens with two attached hydrogens (primary N) is 1. The Hall–Kier alpha value is -0.860. The van der Waals surface area contributed by atoms with Crippen LogP contribution in [-0.4, -0.2) is 44.8 Å². The molecule has 2 N–H and O–H groups in total. The molecule has 8 heteroatoms. The van der Waals surface area contributed by atoms with Crippen molar-refractivity contribution in [3.63, 3.8) is 0 Å². The third kappa shape index (κ3) is 2.76. The van der Waals surface area contributed by atoms with E-state index in [1.54, 1.807) is 6.07 Å². The number of rotatable bonds is 2. The third-order valence-electron chi connectivity index (χ3n) is 3.89. The molecule has 1 aromatic carbocycles. The monoisotopic (exact) mass is 332 g/mol. The summed E-state index contributed by atoms with van der Waals surface area (Å²) in [4.78, 5) is 0.0548. The molecule has 0 bridgehead atoms. The summed E-state index contributed by atoms with van der Waals surface area (Å²) < 4.78 is 37.9. The lowest BCUT2D eigenvalue weighted by molar-refractivity contribution is -0.179. The Morgan fingerprint density at radius 1 is 1.19 bits per heavy atom. The highest BCUT2D eigenvalue weighted by atomic mass is 35.5. The number of nitrogens with zero attached hydrogens (tertiary/aromatic N) is 1. The second-order valence-electron chi connectivity index (χ2n) is 5.19. The maximum Gasteiger partial charge on any atom is 0.245 e. The van der Waals surface area contributed by atoms with Crippen LogP contribution in [0.2, 0.25) is 5.02 Å². The van der Waals surface area contributed by atoms with Gasteiger partial charge in [0, 0.05) is 31.0 Å². The molecule has 6 nitrogen and oxygen atoms in total. The lowest BCUT2D eigenvalue weighted by Crippen LogP contribution is -2.47. The molecule has 2 saturated heterocycles. The highest BCUT2D eigenvalue weighted by Crippen LogP contribution is 2.34. The summed E-state index contributed by atoms with van der Waals surface area (Å²) in [5.41, 5.74) is 5.99. The van der Waals surface area contributed by atoms with E-state index in [-0.39, 0.29) is 10.6 Å². The minimum Gasteiger partial charge on any atom is -0.398 e. The predicted octanol–water partition coefficient (Wildman–Crippen LogP) is 1.45. The van der Waals surface area contributed by atoms with Gasteiger partial charge < -0.3 is 15.2 Å². The summed E-state index contributed by atoms with van der Waals surface area (Å²) in [5, 5.41) is 0.346. The highest BCUT2D eigenvalue weighted by molar-refractivity contribution is 7.89. The van der Waals surface area contributed by atoms with E-state index in [4.69, 9.17) is 26.8 Å². The van der Waals surface area contributed by atoms with Crippen LogP contribution in [0.1, 0.15) is 12.8 Å². The molecule has 21 heavy (non-hydrogen) atoms. The molecular formula is C13H17ClN2O4S. The second-order valence-corrected chi connectivity index (χ2v) is 7.54. The van der Waals surface area contributed by atoms with Crippen LogP contribution in [0, 0.1) is 0 Å². The average Bonchev–Trinajstić information content (AvgIpc) is 2.90. The van der Waals surface area contributed by atoms with Gasteiger partial charge in [0.25, 0.3) is 0 Å². The predicted molar refractivity (Wildman–Crippen MR) is 78.5 cm³/mol. The number of hydrogen-bond acceptors (Lipinski definition) is 5. The van der Waals surface area contributed by atoms with Gasteiger partial charge in [-0.25, -0.2) is 8.42 Å². The molecule has 2 aliphatic heterocycles. The van der Waals surface area contributed by atoms with Crippen LogP contribution in [0.25, 0.3) is 0 Å². The zero-order valence-corrected chi connectivity index (χ0v) is 13.0. The lowest BCUT2D eigenvalue weighted by Gasteiger charge is -2.36. The van der Waals surface area contributed by atoms with Crippen LogP contribution in [0.15, 0.2) is 23.1 Å². The summed E-state index contributed by atoms with van der Waals surface area (Å²) in [5.74, 6) is -0.605. The maximum atomic E-state index is 12.7. The van der Waals surface area contributed by atoms with Gasteiger partial charge in [0.1, 0.15) is 4.90 Å². The van der Waals surface area contributed by atoms with Crippen LogP contribution >= 0.6 is 11.6 Å². The number of ether oxygens (including phenoxy) is 2. The van der Waals surface area contributed by atoms with E-state index in [9.17, 15) is 8.42 Å². The van der Waals surface area contributed by atoms with Gasteiger partial charge in [-0.3, -0.25) is 0 Å². The summed E-state index contributed by atoms with van der Waals surface area (Å²) in [6.45, 7) is 1.81. The molecule has 1 spiro atoms. The molecule has 1 aromatic rings. The van der Waals surface area contributed by atoms with Gasteiger partial charge in [-0.15, -0.1) is 0 Å². The van der Waals surface area contributed by atoms with Gasteiger partial charge >= 0.3 is 0 Å². The summed E-state index contributed by atoms with van der Waals surface area (Å²) in [6.07, 6.45) is 1.04. The molecule has 0 radical (unpaired) electrons. The van der Waals surface area contributed by atoms with E-state index >= 15 is 0 Å². The second kappa shape index (κ2) is 5.40. The molecule has 116 valence electrons. The smallest absolute Gasteiger partial charge is 0.245 e. The van der Waals surface area contributed by atoms with Gasteiger partial charge in [0.05, 0.1) is 18.9 Å². The third-order valence-corrected chi connectivity index (χ3v) is 6.08. The first-order chi connectivity index (χ1) is 9.93. The average molecular weight is 333 g/mol. The van der Waals surface area contributed by atoms with Gasteiger partial charge in [0.2, 0.25) is 10.0 Å². The first-order valence-corrected chi connectivity index (χ1v) is 8.58. The minimum absolute atomic E-state index is 0.0548. The largest absolute Gasteiger partial charge is 0.398 e. The van der Waals surface area contributed by atoms with Crippen molar-refractivity contribution in [1.82, 2.24) is 4.31 Å². The van der Waals surface area contributed by atoms with E-state index in [1.165, 1.54) is 16.4 Å². The zero-order chi connectivity index (χ0) is 15.1. The van der Waals surface area contributed by atoms with Crippen molar-refractivity contribution in [1.29, 1.82) is 0 Å². The van der Waals surface area contributed by atoms with E-state index in [0.29, 0.717) is 44.2 Å². The van der Waals surface area contributed by atoms with Crippen LogP contribution in [0.4, 0.5) is 5.69 Å². The lowest BCUT2D eigenvalue weighted by atomic mass is 10.1. The van der Waals surface area contributed by atoms with Crippen molar-refractivity contribution in [3.05, 3.63) is 23.2 Å². The first kappa shape index (κ1) is 15.1. The fourth-order valence-corrected chi connectivity index (χ4v) is 4.54. The van der Waals surface area contributed by atoms with E-state index in [0.717, 1.165) is 0 Å². The normalized spacial score (nSPS) is 22.7. The topological polar surface area (TPSA) is 81.9 Å². The van der Waals surface area contributed by atoms with Gasteiger partial charge in [-0.1, -0.05) is 11.6 Å². The van der Waals surface area contributed by atoms with Crippen LogP contribution in [-0.2, 0) is 19.5 Å². The zero-order valence-electron chi connectivity index (χ0n) is 11.4. The molecule has 2 heterocycles. The molecule has 3 rings (SSSR count). The fraction of sp³-hybridized carbons (Fsp3) is 0.538. The van der Waals surface area contributed by atoms with Gasteiger partial charge in [0.15, 0.2) is 5.79 Å². The van der Waals surface area contributed by atoms with Gasteiger partial charge in [-0.05, 0) is 18.2 Å². The minimum atomic E-state index is -3.65. The van der Waals surface area contributed by atoms with Gasteiger partial charge in [-0.2, -0.15) is 4.31 Å². The molecule has 0 atom stereocenters. The molecule has 2 fully saturated rings. The van der Waals surface area contributed by atoms with E-state index in [2.05, 4.69) is 0 Å². The Labute approximate surface area is 128 Å². The SMILES string of the molecule is Nc1ccc(Cl)cc1S(=O)(=O)N1CCC2(CC1)OCCO2. The van der Waals surface area contributed by atoms with Crippen molar-refractivity contribution in [2.75, 3.05) is 32.0 Å². The van der Waals surface area contributed by atoms with Crippen molar-refractivity contribution in [3.8, 4) is 0 Å². The number of halogens is 1. The Balaban J connectivity index is 1.82. The maximum absolute atomic E-state index is 12.7. The van der Waals surface area contributed by atoms with Crippen LogP contribution in [0.3, 0.4) is 0 Å². The number of sulfonamides is 1. The molecule has 0 aliphatic carbocycles. The van der Waals surface area contributed by atoms with Crippen molar-refractivity contribution < 1.29 is 17.9 Å². The van der Waals surface area contributed by atoms with Crippen LogP contribution < -0.4 is 5.73 Å². The van der Waals surface area contributed by atoms with Crippen molar-refractivity contribution in [2.24, 2.45) is 0 Å². The summed E-state index contributed by atoms with van der Waals surface area (Å²) in [7, 11) is -3.65. The standard InChI is InChI=1S/C13H17ClN2O4S/c14-10-1-2-11(15)12(9-10)21(17,18)16-5-3-13(4-6-16)19-7-8-20-13/h1-2,9H,3-8,15H2. The number of hydrogen-bond donors (Lipinski definition) is 1. The Bertz CT molecular complexity index is 634. The summed E-state index contributed by atoms with van der Waals surface area (Å²) >= 11 is 5.88. The Morgan fingerprint density at radius 3 is 2.43 bits per heavy atom. The highest BCUT2D eigenvalue weighted by Gasteiger charge is 2.42. The Kier molecular flexibility index (Phi) is 3.87. The quantitative estimate of drug-likeness (QED) is 0.829. The number of nitrogen functional groups attached to an aromatic ring is 1. The van der Waals surface area contributed by atoms with Crippen LogP contribution in [0.5, 0.6) is 0 Å². The molecule has 0 saturated carbocycles. The number of anilines is 1. The fourth-order valence-electron chi connectivity index (χ4n) is 2.72. The summed E-state index contributed by atoms with van der Waals surface area (Å²) in [6, 6.07) is 4.46. The molecule has 0 unspecified atom stereocenters. The number of piperidine rings is 1. The Morgan fingerprint density at radius 2 is 1.81 bits per heavy atom. The van der Waals surface area contributed by atoms with E-state index in [1.807, 2.05) is 0 Å². The number of benzene rings is 1. The molecule has 0 amide bonds. The molecule has 2 aliphatic rings. The van der Waals surface area contributed by atoms with Crippen molar-refractivity contribution >= 4 is 27.3 Å².